The molecule has 0 bridgehead atoms. The van der Waals surface area contributed by atoms with Crippen molar-refractivity contribution >= 4 is 17.0 Å². The lowest BCUT2D eigenvalue weighted by molar-refractivity contribution is 0.0471. The first-order valence-electron chi connectivity index (χ1n) is 9.35. The van der Waals surface area contributed by atoms with Crippen molar-refractivity contribution in [1.82, 2.24) is 9.97 Å². The number of rotatable bonds is 6. The summed E-state index contributed by atoms with van der Waals surface area (Å²) in [5.74, 6) is 0.0687. The zero-order valence-corrected chi connectivity index (χ0v) is 16.0. The van der Waals surface area contributed by atoms with Gasteiger partial charge in [-0.2, -0.15) is 0 Å². The van der Waals surface area contributed by atoms with E-state index in [4.69, 9.17) is 9.47 Å². The van der Waals surface area contributed by atoms with Gasteiger partial charge in [0.1, 0.15) is 13.2 Å². The molecule has 29 heavy (non-hydrogen) atoms. The molecular weight excluding hydrogens is 364 g/mol. The number of benzene rings is 2. The molecule has 5 heteroatoms. The van der Waals surface area contributed by atoms with E-state index in [0.717, 1.165) is 16.7 Å². The average Bonchev–Trinajstić information content (AvgIpc) is 2.78. The third-order valence-electron chi connectivity index (χ3n) is 4.60. The number of ether oxygens (including phenoxy) is 2. The number of carbonyl (C=O) groups excluding carboxylic acids is 1. The van der Waals surface area contributed by atoms with Gasteiger partial charge in [-0.3, -0.25) is 4.98 Å². The van der Waals surface area contributed by atoms with Gasteiger partial charge in [-0.1, -0.05) is 60.7 Å². The van der Waals surface area contributed by atoms with E-state index < -0.39 is 5.97 Å². The first-order chi connectivity index (χ1) is 14.2. The summed E-state index contributed by atoms with van der Waals surface area (Å²) in [4.78, 5) is 21.5. The molecule has 0 N–H and O–H groups in total. The second kappa shape index (κ2) is 8.52. The molecule has 0 fully saturated rings. The quantitative estimate of drug-likeness (QED) is 0.444. The Morgan fingerprint density at radius 3 is 2.21 bits per heavy atom. The first-order valence-corrected chi connectivity index (χ1v) is 9.35. The van der Waals surface area contributed by atoms with E-state index in [9.17, 15) is 4.79 Å². The van der Waals surface area contributed by atoms with Crippen LogP contribution in [0, 0.1) is 6.92 Å². The molecule has 4 rings (SSSR count). The van der Waals surface area contributed by atoms with E-state index in [-0.39, 0.29) is 6.61 Å². The van der Waals surface area contributed by atoms with Crippen LogP contribution in [0.4, 0.5) is 0 Å². The molecule has 0 saturated carbocycles. The minimum Gasteiger partial charge on any atom is -0.473 e. The Balaban J connectivity index is 1.52. The zero-order chi connectivity index (χ0) is 20.1. The van der Waals surface area contributed by atoms with Gasteiger partial charge < -0.3 is 9.47 Å². The van der Waals surface area contributed by atoms with E-state index in [0.29, 0.717) is 29.1 Å². The minimum atomic E-state index is -0.418. The van der Waals surface area contributed by atoms with Gasteiger partial charge in [-0.05, 0) is 29.7 Å². The molecule has 0 atom stereocenters. The Hall–Kier alpha value is -3.73. The van der Waals surface area contributed by atoms with Crippen molar-refractivity contribution in [2.24, 2.45) is 0 Å². The predicted molar refractivity (Wildman–Crippen MR) is 111 cm³/mol. The summed E-state index contributed by atoms with van der Waals surface area (Å²) >= 11 is 0. The van der Waals surface area contributed by atoms with Crippen molar-refractivity contribution in [1.29, 1.82) is 0 Å². The highest BCUT2D eigenvalue weighted by atomic mass is 16.5. The van der Waals surface area contributed by atoms with Crippen LogP contribution in [0.2, 0.25) is 0 Å². The van der Waals surface area contributed by atoms with Gasteiger partial charge in [0.15, 0.2) is 0 Å². The molecule has 0 aliphatic heterocycles. The van der Waals surface area contributed by atoms with Crippen LogP contribution in [-0.4, -0.2) is 15.9 Å². The van der Waals surface area contributed by atoms with Crippen molar-refractivity contribution in [3.63, 3.8) is 0 Å². The molecule has 0 spiro atoms. The normalized spacial score (nSPS) is 10.7. The number of carbonyl (C=O) groups is 1. The molecule has 0 radical (unpaired) electrons. The lowest BCUT2D eigenvalue weighted by Gasteiger charge is -2.10. The number of hydrogen-bond acceptors (Lipinski definition) is 5. The number of pyridine rings is 2. The highest BCUT2D eigenvalue weighted by molar-refractivity contribution is 5.95. The van der Waals surface area contributed by atoms with Crippen LogP contribution in [0.15, 0.2) is 79.0 Å². The van der Waals surface area contributed by atoms with Crippen molar-refractivity contribution in [2.75, 3.05) is 0 Å². The average molecular weight is 384 g/mol. The van der Waals surface area contributed by atoms with Crippen LogP contribution in [-0.2, 0) is 18.0 Å². The summed E-state index contributed by atoms with van der Waals surface area (Å²) in [5.41, 5.74) is 4.45. The summed E-state index contributed by atoms with van der Waals surface area (Å²) in [6, 6.07) is 23.1. The van der Waals surface area contributed by atoms with Crippen LogP contribution in [0.5, 0.6) is 5.88 Å². The van der Waals surface area contributed by atoms with Gasteiger partial charge in [0.25, 0.3) is 0 Å². The molecular formula is C24H20N2O3. The Bertz CT molecular complexity index is 1130. The maximum atomic E-state index is 12.6. The smallest absolute Gasteiger partial charge is 0.340 e. The lowest BCUT2D eigenvalue weighted by atomic mass is 10.1. The monoisotopic (exact) mass is 384 g/mol. The van der Waals surface area contributed by atoms with Crippen LogP contribution in [0.1, 0.15) is 27.0 Å². The summed E-state index contributed by atoms with van der Waals surface area (Å²) in [5, 5.41) is 0. The van der Waals surface area contributed by atoms with Crippen molar-refractivity contribution < 1.29 is 14.3 Å². The van der Waals surface area contributed by atoms with Gasteiger partial charge in [0.2, 0.25) is 5.88 Å². The fraction of sp³-hybridized carbons (Fsp3) is 0.125. The lowest BCUT2D eigenvalue weighted by Crippen LogP contribution is -2.09. The SMILES string of the molecule is Cc1c(C(=O)OCc2ccccc2)cnc2ccc(OCc3ccccc3)nc12. The molecule has 0 amide bonds. The topological polar surface area (TPSA) is 61.3 Å². The Morgan fingerprint density at radius 1 is 0.862 bits per heavy atom. The fourth-order valence-electron chi connectivity index (χ4n) is 2.99. The summed E-state index contributed by atoms with van der Waals surface area (Å²) in [7, 11) is 0. The number of esters is 1. The number of hydrogen-bond donors (Lipinski definition) is 0. The van der Waals surface area contributed by atoms with Gasteiger partial charge in [-0.15, -0.1) is 0 Å². The van der Waals surface area contributed by atoms with Gasteiger partial charge in [0, 0.05) is 12.3 Å². The van der Waals surface area contributed by atoms with Gasteiger partial charge in [0.05, 0.1) is 16.6 Å². The van der Waals surface area contributed by atoms with Crippen molar-refractivity contribution in [2.45, 2.75) is 20.1 Å². The van der Waals surface area contributed by atoms with Crippen LogP contribution < -0.4 is 4.74 Å². The largest absolute Gasteiger partial charge is 0.473 e. The molecule has 2 aromatic carbocycles. The van der Waals surface area contributed by atoms with E-state index in [2.05, 4.69) is 9.97 Å². The number of aryl methyl sites for hydroxylation is 1. The molecule has 5 nitrogen and oxygen atoms in total. The molecule has 0 aliphatic rings. The molecule has 0 saturated heterocycles. The van der Waals surface area contributed by atoms with Crippen LogP contribution in [0.3, 0.4) is 0 Å². The van der Waals surface area contributed by atoms with Crippen LogP contribution in [0.25, 0.3) is 11.0 Å². The maximum Gasteiger partial charge on any atom is 0.340 e. The highest BCUT2D eigenvalue weighted by Crippen LogP contribution is 2.22. The summed E-state index contributed by atoms with van der Waals surface area (Å²) in [6.45, 7) is 2.48. The standard InChI is InChI=1S/C24H20N2O3/c1-17-20(24(27)29-16-19-10-6-3-7-11-19)14-25-21-12-13-22(26-23(17)21)28-15-18-8-4-2-5-9-18/h2-14H,15-16H2,1H3. The molecule has 0 unspecified atom stereocenters. The Kier molecular flexibility index (Phi) is 5.47. The number of nitrogens with zero attached hydrogens (tertiary/aromatic N) is 2. The van der Waals surface area contributed by atoms with Gasteiger partial charge in [-0.25, -0.2) is 9.78 Å². The first kappa shape index (κ1) is 18.6. The number of aromatic nitrogens is 2. The molecule has 2 aromatic heterocycles. The second-order valence-corrected chi connectivity index (χ2v) is 6.65. The van der Waals surface area contributed by atoms with E-state index in [1.165, 1.54) is 6.20 Å². The summed E-state index contributed by atoms with van der Waals surface area (Å²) < 4.78 is 11.2. The van der Waals surface area contributed by atoms with Crippen LogP contribution >= 0.6 is 0 Å². The minimum absolute atomic E-state index is 0.213. The fourth-order valence-corrected chi connectivity index (χ4v) is 2.99. The predicted octanol–water partition coefficient (Wildman–Crippen LogP) is 4.87. The maximum absolute atomic E-state index is 12.6. The Morgan fingerprint density at radius 2 is 1.52 bits per heavy atom. The summed E-state index contributed by atoms with van der Waals surface area (Å²) in [6.07, 6.45) is 1.54. The second-order valence-electron chi connectivity index (χ2n) is 6.65. The number of fused-ring (bicyclic) bond motifs is 1. The molecule has 144 valence electrons. The highest BCUT2D eigenvalue weighted by Gasteiger charge is 2.15. The third-order valence-corrected chi connectivity index (χ3v) is 4.60. The van der Waals surface area contributed by atoms with E-state index in [1.54, 1.807) is 6.07 Å². The Labute approximate surface area is 169 Å². The van der Waals surface area contributed by atoms with E-state index >= 15 is 0 Å². The van der Waals surface area contributed by atoms with E-state index in [1.807, 2.05) is 73.7 Å². The van der Waals surface area contributed by atoms with Gasteiger partial charge >= 0.3 is 5.97 Å². The van der Waals surface area contributed by atoms with Crippen molar-refractivity contribution in [3.05, 3.63) is 101 Å². The van der Waals surface area contributed by atoms with Crippen molar-refractivity contribution in [3.8, 4) is 5.88 Å². The zero-order valence-electron chi connectivity index (χ0n) is 16.0. The molecule has 4 aromatic rings. The molecule has 0 aliphatic carbocycles. The molecule has 2 heterocycles. The third kappa shape index (κ3) is 4.41.